The lowest BCUT2D eigenvalue weighted by Gasteiger charge is -2.42. The van der Waals surface area contributed by atoms with Gasteiger partial charge in [0.25, 0.3) is 0 Å². The first-order chi connectivity index (χ1) is 9.36. The molecule has 2 N–H and O–H groups in total. The summed E-state index contributed by atoms with van der Waals surface area (Å²) in [7, 11) is -2.18. The smallest absolute Gasteiger partial charge is 0.0864 e. The Kier molecular flexibility index (Phi) is 3.29. The lowest BCUT2D eigenvalue weighted by molar-refractivity contribution is 0.0393. The predicted octanol–water partition coefficient (Wildman–Crippen LogP) is 1.44. The summed E-state index contributed by atoms with van der Waals surface area (Å²) < 4.78 is 13.6. The number of H-pyrrole nitrogens is 1. The number of rotatable bonds is 3. The van der Waals surface area contributed by atoms with Crippen LogP contribution in [0.1, 0.15) is 11.7 Å². The molecule has 2 atom stereocenters. The van der Waals surface area contributed by atoms with Crippen molar-refractivity contribution in [2.45, 2.75) is 6.10 Å². The number of aromatic nitrogens is 2. The summed E-state index contributed by atoms with van der Waals surface area (Å²) in [6, 6.07) is 3.56. The van der Waals surface area contributed by atoms with E-state index in [-0.39, 0.29) is 5.92 Å². The topological polar surface area (TPSA) is 69.2 Å². The molecule has 2 aromatic rings. The second kappa shape index (κ2) is 4.73. The second-order valence-corrected chi connectivity index (χ2v) is 8.21. The Morgan fingerprint density at radius 1 is 1.60 bits per heavy atom. The van der Waals surface area contributed by atoms with E-state index in [1.54, 1.807) is 28.9 Å². The Balaban J connectivity index is 1.87. The summed E-state index contributed by atoms with van der Waals surface area (Å²) in [5, 5.41) is 18.8. The zero-order valence-corrected chi connectivity index (χ0v) is 12.6. The molecule has 1 saturated heterocycles. The molecular formula is C13H16ClN3O2S. The monoisotopic (exact) mass is 313 g/mol. The number of benzene rings is 1. The van der Waals surface area contributed by atoms with Gasteiger partial charge >= 0.3 is 0 Å². The molecule has 7 heteroatoms. The fraction of sp³-hybridized carbons (Fsp3) is 0.385. The SMILES string of the molecule is C=S(C)(=O)N1CC(C(O)c2cc(Cl)cc3cn[nH]c23)C1. The Bertz CT molecular complexity index is 750. The molecule has 2 heterocycles. The maximum absolute atomic E-state index is 11.8. The number of aliphatic hydroxyl groups is 1. The van der Waals surface area contributed by atoms with Crippen LogP contribution in [0.3, 0.4) is 0 Å². The summed E-state index contributed by atoms with van der Waals surface area (Å²) in [6.45, 7) is 1.14. The van der Waals surface area contributed by atoms with Crippen molar-refractivity contribution in [3.63, 3.8) is 0 Å². The molecule has 0 spiro atoms. The molecule has 0 aliphatic carbocycles. The van der Waals surface area contributed by atoms with Crippen LogP contribution >= 0.6 is 11.6 Å². The molecule has 1 aromatic carbocycles. The number of halogens is 1. The molecule has 20 heavy (non-hydrogen) atoms. The van der Waals surface area contributed by atoms with Crippen LogP contribution in [0, 0.1) is 5.92 Å². The highest BCUT2D eigenvalue weighted by Gasteiger charge is 2.36. The molecule has 1 aliphatic heterocycles. The van der Waals surface area contributed by atoms with E-state index in [9.17, 15) is 9.32 Å². The normalized spacial score (nSPS) is 21.6. The Labute approximate surface area is 122 Å². The largest absolute Gasteiger partial charge is 0.388 e. The van der Waals surface area contributed by atoms with Crippen molar-refractivity contribution in [2.24, 2.45) is 5.92 Å². The van der Waals surface area contributed by atoms with E-state index in [0.717, 1.165) is 16.5 Å². The molecule has 0 saturated carbocycles. The van der Waals surface area contributed by atoms with Gasteiger partial charge in [-0.2, -0.15) is 5.10 Å². The van der Waals surface area contributed by atoms with Crippen LogP contribution < -0.4 is 0 Å². The van der Waals surface area contributed by atoms with E-state index >= 15 is 0 Å². The lowest BCUT2D eigenvalue weighted by Crippen LogP contribution is -2.51. The van der Waals surface area contributed by atoms with Gasteiger partial charge in [-0.25, -0.2) is 4.31 Å². The van der Waals surface area contributed by atoms with Gasteiger partial charge in [-0.1, -0.05) is 11.6 Å². The number of nitrogens with one attached hydrogen (secondary N) is 1. The standard InChI is InChI=1S/C13H16ClN3O2S/c1-20(2,19)17-6-9(7-17)13(18)11-4-10(14)3-8-5-15-16-12(8)11/h3-5,9,13,18H,1,6-7H2,2H3,(H,15,16). The molecule has 2 unspecified atom stereocenters. The molecule has 1 aliphatic rings. The highest BCUT2D eigenvalue weighted by atomic mass is 35.5. The summed E-state index contributed by atoms with van der Waals surface area (Å²) >= 11 is 6.07. The number of aromatic amines is 1. The lowest BCUT2D eigenvalue weighted by atomic mass is 9.90. The average Bonchev–Trinajstić information content (AvgIpc) is 2.71. The minimum atomic E-state index is -2.18. The molecule has 0 amide bonds. The molecule has 5 nitrogen and oxygen atoms in total. The third-order valence-corrected chi connectivity index (χ3v) is 5.34. The van der Waals surface area contributed by atoms with Crippen LogP contribution in [0.15, 0.2) is 18.3 Å². The van der Waals surface area contributed by atoms with Gasteiger partial charge in [-0.15, -0.1) is 0 Å². The van der Waals surface area contributed by atoms with Gasteiger partial charge in [-0.05, 0) is 18.0 Å². The fourth-order valence-corrected chi connectivity index (χ4v) is 3.77. The van der Waals surface area contributed by atoms with Crippen molar-refractivity contribution in [1.29, 1.82) is 0 Å². The van der Waals surface area contributed by atoms with Gasteiger partial charge in [0.1, 0.15) is 0 Å². The van der Waals surface area contributed by atoms with E-state index < -0.39 is 15.8 Å². The number of nitrogens with zero attached hydrogens (tertiary/aromatic N) is 2. The van der Waals surface area contributed by atoms with Gasteiger partial charge < -0.3 is 5.11 Å². The minimum Gasteiger partial charge on any atom is -0.388 e. The van der Waals surface area contributed by atoms with Gasteiger partial charge in [0, 0.05) is 50.9 Å². The fourth-order valence-electron chi connectivity index (χ4n) is 2.52. The van der Waals surface area contributed by atoms with Crippen LogP contribution in [0.5, 0.6) is 0 Å². The van der Waals surface area contributed by atoms with E-state index in [0.29, 0.717) is 18.1 Å². The van der Waals surface area contributed by atoms with Crippen molar-refractivity contribution >= 4 is 38.1 Å². The van der Waals surface area contributed by atoms with Crippen LogP contribution in [-0.2, 0) is 9.71 Å². The predicted molar refractivity (Wildman–Crippen MR) is 82.3 cm³/mol. The second-order valence-electron chi connectivity index (χ2n) is 5.34. The maximum atomic E-state index is 11.8. The van der Waals surface area contributed by atoms with E-state index in [1.165, 1.54) is 0 Å². The third kappa shape index (κ3) is 2.33. The van der Waals surface area contributed by atoms with Crippen LogP contribution in [0.2, 0.25) is 5.02 Å². The van der Waals surface area contributed by atoms with Gasteiger partial charge in [0.15, 0.2) is 0 Å². The highest BCUT2D eigenvalue weighted by Crippen LogP contribution is 2.35. The first-order valence-corrected chi connectivity index (χ1v) is 8.71. The first kappa shape index (κ1) is 13.9. The number of fused-ring (bicyclic) bond motifs is 1. The molecule has 0 radical (unpaired) electrons. The third-order valence-electron chi connectivity index (χ3n) is 3.73. The average molecular weight is 314 g/mol. The van der Waals surface area contributed by atoms with E-state index in [4.69, 9.17) is 11.6 Å². The zero-order chi connectivity index (χ0) is 14.5. The summed E-state index contributed by atoms with van der Waals surface area (Å²) in [5.41, 5.74) is 1.54. The van der Waals surface area contributed by atoms with Crippen molar-refractivity contribution in [1.82, 2.24) is 14.5 Å². The number of hydrogen-bond donors (Lipinski definition) is 2. The van der Waals surface area contributed by atoms with Gasteiger partial charge in [0.2, 0.25) is 0 Å². The summed E-state index contributed by atoms with van der Waals surface area (Å²) in [4.78, 5) is 0. The summed E-state index contributed by atoms with van der Waals surface area (Å²) in [5.74, 6) is 3.68. The highest BCUT2D eigenvalue weighted by molar-refractivity contribution is 7.97. The maximum Gasteiger partial charge on any atom is 0.0864 e. The molecule has 0 bridgehead atoms. The van der Waals surface area contributed by atoms with Crippen LogP contribution in [0.25, 0.3) is 10.9 Å². The quantitative estimate of drug-likeness (QED) is 0.843. The van der Waals surface area contributed by atoms with Crippen molar-refractivity contribution < 1.29 is 9.32 Å². The van der Waals surface area contributed by atoms with E-state index in [2.05, 4.69) is 16.1 Å². The van der Waals surface area contributed by atoms with Crippen molar-refractivity contribution in [3.8, 4) is 0 Å². The number of hydrogen-bond acceptors (Lipinski definition) is 3. The van der Waals surface area contributed by atoms with Crippen molar-refractivity contribution in [2.75, 3.05) is 19.3 Å². The minimum absolute atomic E-state index is 0.0301. The van der Waals surface area contributed by atoms with E-state index in [1.807, 2.05) is 0 Å². The van der Waals surface area contributed by atoms with Crippen LogP contribution in [-0.4, -0.2) is 49.0 Å². The number of aliphatic hydroxyl groups excluding tert-OH is 1. The Morgan fingerprint density at radius 3 is 2.95 bits per heavy atom. The zero-order valence-electron chi connectivity index (χ0n) is 11.0. The van der Waals surface area contributed by atoms with Gasteiger partial charge in [0.05, 0.1) is 17.8 Å². The molecule has 1 fully saturated rings. The molecular weight excluding hydrogens is 298 g/mol. The molecule has 3 rings (SSSR count). The molecule has 108 valence electrons. The van der Waals surface area contributed by atoms with Gasteiger partial charge in [-0.3, -0.25) is 9.31 Å². The van der Waals surface area contributed by atoms with Crippen molar-refractivity contribution in [3.05, 3.63) is 28.9 Å². The molecule has 1 aromatic heterocycles. The summed E-state index contributed by atoms with van der Waals surface area (Å²) in [6.07, 6.45) is 2.64. The first-order valence-electron chi connectivity index (χ1n) is 6.24. The van der Waals surface area contributed by atoms with Crippen LogP contribution in [0.4, 0.5) is 0 Å². The Hall–Kier alpha value is -1.08. The Morgan fingerprint density at radius 2 is 2.30 bits per heavy atom.